The lowest BCUT2D eigenvalue weighted by Crippen LogP contribution is -2.44. The molecule has 1 N–H and O–H groups in total. The zero-order chi connectivity index (χ0) is 14.8. The second kappa shape index (κ2) is 5.85. The predicted octanol–water partition coefficient (Wildman–Crippen LogP) is 3.16. The van der Waals surface area contributed by atoms with E-state index in [9.17, 15) is 5.26 Å². The van der Waals surface area contributed by atoms with E-state index in [1.54, 1.807) is 0 Å². The molecule has 2 rings (SSSR count). The van der Waals surface area contributed by atoms with Gasteiger partial charge in [-0.3, -0.25) is 5.32 Å². The van der Waals surface area contributed by atoms with Gasteiger partial charge in [-0.25, -0.2) is 0 Å². The molecule has 1 unspecified atom stereocenters. The maximum absolute atomic E-state index is 9.40. The van der Waals surface area contributed by atoms with E-state index >= 15 is 0 Å². The zero-order valence-corrected chi connectivity index (χ0v) is 13.0. The molecule has 0 amide bonds. The first kappa shape index (κ1) is 14.9. The topological polar surface area (TPSA) is 39.1 Å². The van der Waals surface area contributed by atoms with Crippen LogP contribution in [0.15, 0.2) is 18.2 Å². The molecule has 108 valence electrons. The number of hydrogen-bond acceptors (Lipinski definition) is 3. The molecular weight excluding hydrogens is 246 g/mol. The van der Waals surface area contributed by atoms with Crippen molar-refractivity contribution < 1.29 is 0 Å². The molecule has 1 aliphatic rings. The summed E-state index contributed by atoms with van der Waals surface area (Å²) >= 11 is 0. The summed E-state index contributed by atoms with van der Waals surface area (Å²) in [6, 6.07) is 9.59. The molecule has 0 spiro atoms. The normalized spacial score (nSPS) is 17.4. The van der Waals surface area contributed by atoms with Gasteiger partial charge in [0.1, 0.15) is 5.54 Å². The van der Waals surface area contributed by atoms with E-state index in [2.05, 4.69) is 55.4 Å². The first-order valence-electron chi connectivity index (χ1n) is 7.40. The molecule has 1 aromatic rings. The molecule has 0 bridgehead atoms. The molecule has 1 saturated carbocycles. The Balaban J connectivity index is 1.96. The largest absolute Gasteiger partial charge is 0.374 e. The number of benzene rings is 1. The fraction of sp³-hybridized carbons (Fsp3) is 0.588. The van der Waals surface area contributed by atoms with Gasteiger partial charge in [0.25, 0.3) is 0 Å². The molecule has 3 heteroatoms. The monoisotopic (exact) mass is 271 g/mol. The molecule has 0 aromatic heterocycles. The smallest absolute Gasteiger partial charge is 0.105 e. The van der Waals surface area contributed by atoms with Crippen molar-refractivity contribution in [1.29, 1.82) is 5.26 Å². The van der Waals surface area contributed by atoms with Crippen molar-refractivity contribution in [2.75, 3.05) is 18.5 Å². The van der Waals surface area contributed by atoms with Gasteiger partial charge in [0.15, 0.2) is 0 Å². The van der Waals surface area contributed by atoms with Gasteiger partial charge in [0.05, 0.1) is 6.07 Å². The molecule has 1 atom stereocenters. The summed E-state index contributed by atoms with van der Waals surface area (Å²) in [7, 11) is 2.10. The second-order valence-electron chi connectivity index (χ2n) is 6.38. The summed E-state index contributed by atoms with van der Waals surface area (Å²) in [5.74, 6) is 0. The highest BCUT2D eigenvalue weighted by molar-refractivity contribution is 5.50. The minimum Gasteiger partial charge on any atom is -0.374 e. The molecule has 0 radical (unpaired) electrons. The summed E-state index contributed by atoms with van der Waals surface area (Å²) in [4.78, 5) is 2.24. The van der Waals surface area contributed by atoms with Gasteiger partial charge < -0.3 is 4.90 Å². The Hall–Kier alpha value is -1.53. The average Bonchev–Trinajstić information content (AvgIpc) is 3.18. The van der Waals surface area contributed by atoms with Crippen LogP contribution in [0.3, 0.4) is 0 Å². The Labute approximate surface area is 122 Å². The maximum Gasteiger partial charge on any atom is 0.105 e. The predicted molar refractivity (Wildman–Crippen MR) is 84.0 cm³/mol. The second-order valence-corrected chi connectivity index (χ2v) is 6.38. The lowest BCUT2D eigenvalue weighted by atomic mass is 9.99. The fourth-order valence-corrected chi connectivity index (χ4v) is 2.53. The molecule has 0 heterocycles. The minimum atomic E-state index is -0.408. The maximum atomic E-state index is 9.40. The van der Waals surface area contributed by atoms with Gasteiger partial charge >= 0.3 is 0 Å². The van der Waals surface area contributed by atoms with Gasteiger partial charge in [-0.2, -0.15) is 5.26 Å². The van der Waals surface area contributed by atoms with Gasteiger partial charge in [-0.1, -0.05) is 6.07 Å². The van der Waals surface area contributed by atoms with Crippen LogP contribution in [-0.2, 0) is 0 Å². The Morgan fingerprint density at radius 3 is 2.40 bits per heavy atom. The number of rotatable bonds is 6. The van der Waals surface area contributed by atoms with Gasteiger partial charge in [-0.15, -0.1) is 0 Å². The third-order valence-electron chi connectivity index (χ3n) is 3.94. The summed E-state index contributed by atoms with van der Waals surface area (Å²) in [5, 5.41) is 12.9. The standard InChI is InChI=1S/C17H25N3/c1-13-9-14(2)11-16(10-13)20(4)8-7-17(3,12-18)19-15-5-6-15/h9-11,15,19H,5-8H2,1-4H3. The van der Waals surface area contributed by atoms with Crippen molar-refractivity contribution in [3.63, 3.8) is 0 Å². The Morgan fingerprint density at radius 1 is 1.30 bits per heavy atom. The van der Waals surface area contributed by atoms with E-state index in [0.29, 0.717) is 6.04 Å². The lowest BCUT2D eigenvalue weighted by Gasteiger charge is -2.27. The molecule has 3 nitrogen and oxygen atoms in total. The zero-order valence-electron chi connectivity index (χ0n) is 13.0. The number of nitrogens with zero attached hydrogens (tertiary/aromatic N) is 2. The van der Waals surface area contributed by atoms with Crippen LogP contribution >= 0.6 is 0 Å². The van der Waals surface area contributed by atoms with E-state index in [-0.39, 0.29) is 0 Å². The van der Waals surface area contributed by atoms with Crippen LogP contribution in [0, 0.1) is 25.2 Å². The quantitative estimate of drug-likeness (QED) is 0.864. The first-order valence-corrected chi connectivity index (χ1v) is 7.40. The molecule has 20 heavy (non-hydrogen) atoms. The molecular formula is C17H25N3. The van der Waals surface area contributed by atoms with Gasteiger partial charge in [-0.05, 0) is 63.3 Å². The average molecular weight is 271 g/mol. The van der Waals surface area contributed by atoms with Crippen molar-refractivity contribution in [3.8, 4) is 6.07 Å². The summed E-state index contributed by atoms with van der Waals surface area (Å²) in [6.45, 7) is 7.14. The summed E-state index contributed by atoms with van der Waals surface area (Å²) < 4.78 is 0. The molecule has 0 saturated heterocycles. The van der Waals surface area contributed by atoms with Crippen LogP contribution < -0.4 is 10.2 Å². The number of nitrogens with one attached hydrogen (secondary N) is 1. The SMILES string of the molecule is Cc1cc(C)cc(N(C)CCC(C)(C#N)NC2CC2)c1. The minimum absolute atomic E-state index is 0.408. The Morgan fingerprint density at radius 2 is 1.90 bits per heavy atom. The van der Waals surface area contributed by atoms with Crippen LogP contribution in [-0.4, -0.2) is 25.2 Å². The van der Waals surface area contributed by atoms with Crippen molar-refractivity contribution in [2.24, 2.45) is 0 Å². The van der Waals surface area contributed by atoms with Crippen LogP contribution in [0.2, 0.25) is 0 Å². The van der Waals surface area contributed by atoms with Gasteiger partial charge in [0.2, 0.25) is 0 Å². The Bertz CT molecular complexity index is 493. The van der Waals surface area contributed by atoms with Crippen molar-refractivity contribution in [1.82, 2.24) is 5.32 Å². The fourth-order valence-electron chi connectivity index (χ4n) is 2.53. The van der Waals surface area contributed by atoms with E-state index in [1.807, 2.05) is 6.92 Å². The van der Waals surface area contributed by atoms with Crippen LogP contribution in [0.1, 0.15) is 37.3 Å². The lowest BCUT2D eigenvalue weighted by molar-refractivity contribution is 0.417. The number of nitriles is 1. The third-order valence-corrected chi connectivity index (χ3v) is 3.94. The van der Waals surface area contributed by atoms with Crippen molar-refractivity contribution >= 4 is 5.69 Å². The van der Waals surface area contributed by atoms with Crippen LogP contribution in [0.25, 0.3) is 0 Å². The van der Waals surface area contributed by atoms with Crippen LogP contribution in [0.5, 0.6) is 0 Å². The van der Waals surface area contributed by atoms with Crippen molar-refractivity contribution in [3.05, 3.63) is 29.3 Å². The highest BCUT2D eigenvalue weighted by atomic mass is 15.1. The van der Waals surface area contributed by atoms with E-state index < -0.39 is 5.54 Å². The Kier molecular flexibility index (Phi) is 4.35. The number of hydrogen-bond donors (Lipinski definition) is 1. The van der Waals surface area contributed by atoms with Crippen LogP contribution in [0.4, 0.5) is 5.69 Å². The molecule has 0 aliphatic heterocycles. The van der Waals surface area contributed by atoms with Crippen molar-refractivity contribution in [2.45, 2.75) is 51.6 Å². The number of anilines is 1. The van der Waals surface area contributed by atoms with E-state index in [0.717, 1.165) is 13.0 Å². The summed E-state index contributed by atoms with van der Waals surface area (Å²) in [5.41, 5.74) is 3.39. The van der Waals surface area contributed by atoms with E-state index in [4.69, 9.17) is 0 Å². The molecule has 1 fully saturated rings. The first-order chi connectivity index (χ1) is 9.42. The third kappa shape index (κ3) is 3.98. The number of aryl methyl sites for hydroxylation is 2. The molecule has 1 aromatic carbocycles. The highest BCUT2D eigenvalue weighted by Crippen LogP contribution is 2.24. The summed E-state index contributed by atoms with van der Waals surface area (Å²) in [6.07, 6.45) is 3.26. The van der Waals surface area contributed by atoms with Gasteiger partial charge in [0, 0.05) is 25.3 Å². The van der Waals surface area contributed by atoms with E-state index in [1.165, 1.54) is 29.7 Å². The molecule has 1 aliphatic carbocycles. The highest BCUT2D eigenvalue weighted by Gasteiger charge is 2.32.